The average Bonchev–Trinajstić information content (AvgIpc) is 3.18. The molecule has 0 radical (unpaired) electrons. The third-order valence-electron chi connectivity index (χ3n) is 9.60. The molecule has 3 aliphatic carbocycles. The Bertz CT molecular complexity index is 1010. The van der Waals surface area contributed by atoms with Crippen molar-refractivity contribution in [2.45, 2.75) is 88.8 Å². The Labute approximate surface area is 223 Å². The molecular formula is C26H37BF5NO4S. The molecule has 5 nitrogen and oxygen atoms in total. The summed E-state index contributed by atoms with van der Waals surface area (Å²) in [6.45, 7) is 2.23. The number of fused-ring (bicyclic) bond motifs is 5. The standard InChI is InChI=1S/C26H37BF5NO4S/c1-24-11-9-20-19-6-5-18(27(34)35)15-17(19)14-16(23(20)21(24)7-8-22(24)33-36)4-2-12-38(37)13-3-10-25(28,29)26(30,31)32/h5-6,15-16,20-23,33-36H,2-4,7-14H2,1H3/t16-,20-,21+,22?,23-,24+,38?/m1/s1. The van der Waals surface area contributed by atoms with Crippen molar-refractivity contribution in [3.63, 3.8) is 0 Å². The van der Waals surface area contributed by atoms with Crippen molar-refractivity contribution in [2.24, 2.45) is 23.2 Å². The van der Waals surface area contributed by atoms with E-state index in [1.165, 1.54) is 5.56 Å². The third-order valence-corrected chi connectivity index (χ3v) is 11.1. The topological polar surface area (TPSA) is 89.8 Å². The highest BCUT2D eigenvalue weighted by Gasteiger charge is 2.57. The lowest BCUT2D eigenvalue weighted by atomic mass is 9.51. The second kappa shape index (κ2) is 11.4. The molecule has 0 bridgehead atoms. The highest BCUT2D eigenvalue weighted by molar-refractivity contribution is 7.84. The fourth-order valence-corrected chi connectivity index (χ4v) is 8.83. The van der Waals surface area contributed by atoms with Gasteiger partial charge in [-0.1, -0.05) is 25.1 Å². The highest BCUT2D eigenvalue weighted by atomic mass is 32.2. The fraction of sp³-hybridized carbons (Fsp3) is 0.769. The molecule has 2 fully saturated rings. The summed E-state index contributed by atoms with van der Waals surface area (Å²) in [5.74, 6) is -3.47. The molecule has 4 rings (SSSR count). The van der Waals surface area contributed by atoms with Crippen LogP contribution in [-0.4, -0.2) is 56.2 Å². The van der Waals surface area contributed by atoms with Crippen LogP contribution in [0.4, 0.5) is 22.0 Å². The number of alkyl halides is 5. The number of nitrogens with one attached hydrogen (secondary N) is 1. The molecule has 0 heterocycles. The summed E-state index contributed by atoms with van der Waals surface area (Å²) < 4.78 is 75.8. The molecule has 0 saturated heterocycles. The summed E-state index contributed by atoms with van der Waals surface area (Å²) in [5.41, 5.74) is 5.22. The highest BCUT2D eigenvalue weighted by Crippen LogP contribution is 2.62. The van der Waals surface area contributed by atoms with E-state index in [1.807, 2.05) is 12.1 Å². The Morgan fingerprint density at radius 1 is 1.11 bits per heavy atom. The quantitative estimate of drug-likeness (QED) is 0.193. The molecule has 0 aliphatic heterocycles. The van der Waals surface area contributed by atoms with Crippen molar-refractivity contribution in [2.75, 3.05) is 11.5 Å². The largest absolute Gasteiger partial charge is 0.488 e. The van der Waals surface area contributed by atoms with Crippen LogP contribution in [0.3, 0.4) is 0 Å². The van der Waals surface area contributed by atoms with Gasteiger partial charge in [0.1, 0.15) is 0 Å². The zero-order valence-corrected chi connectivity index (χ0v) is 22.3. The van der Waals surface area contributed by atoms with Gasteiger partial charge in [0.2, 0.25) is 0 Å². The van der Waals surface area contributed by atoms with Crippen LogP contribution in [-0.2, 0) is 17.2 Å². The van der Waals surface area contributed by atoms with Gasteiger partial charge in [0.15, 0.2) is 0 Å². The Hall–Kier alpha value is -1.08. The molecule has 3 aliphatic rings. The summed E-state index contributed by atoms with van der Waals surface area (Å²) in [6, 6.07) is 5.63. The van der Waals surface area contributed by atoms with Gasteiger partial charge in [0.25, 0.3) is 0 Å². The van der Waals surface area contributed by atoms with E-state index >= 15 is 0 Å². The second-order valence-corrected chi connectivity index (χ2v) is 13.4. The SMILES string of the molecule is C[C@]12CC[C@@H]3c4ccc(B(O)O)cc4C[C@@H](CCCS(=O)CCCC(F)(F)C(F)(F)F)[C@H]3[C@@H]1CCC2NO. The van der Waals surface area contributed by atoms with Gasteiger partial charge >= 0.3 is 19.2 Å². The van der Waals surface area contributed by atoms with Crippen LogP contribution >= 0.6 is 0 Å². The zero-order chi connectivity index (χ0) is 27.9. The van der Waals surface area contributed by atoms with Crippen molar-refractivity contribution in [3.8, 4) is 0 Å². The number of rotatable bonds is 10. The Balaban J connectivity index is 1.44. The first-order chi connectivity index (χ1) is 17.8. The average molecular weight is 565 g/mol. The molecule has 2 unspecified atom stereocenters. The van der Waals surface area contributed by atoms with Gasteiger partial charge < -0.3 is 15.3 Å². The van der Waals surface area contributed by atoms with Gasteiger partial charge in [0, 0.05) is 34.8 Å². The normalized spacial score (nSPS) is 31.9. The maximum absolute atomic E-state index is 13.1. The van der Waals surface area contributed by atoms with Crippen molar-refractivity contribution in [1.29, 1.82) is 0 Å². The molecule has 1 aromatic carbocycles. The van der Waals surface area contributed by atoms with Gasteiger partial charge in [-0.25, -0.2) is 5.48 Å². The maximum Gasteiger partial charge on any atom is 0.488 e. The van der Waals surface area contributed by atoms with Gasteiger partial charge in [-0.3, -0.25) is 4.21 Å². The lowest BCUT2D eigenvalue weighted by Gasteiger charge is -2.53. The molecule has 214 valence electrons. The monoisotopic (exact) mass is 565 g/mol. The molecule has 0 amide bonds. The number of halogens is 5. The minimum absolute atomic E-state index is 0.0183. The second-order valence-electron chi connectivity index (χ2n) is 11.7. The van der Waals surface area contributed by atoms with E-state index in [2.05, 4.69) is 12.4 Å². The van der Waals surface area contributed by atoms with E-state index in [1.54, 1.807) is 6.07 Å². The Morgan fingerprint density at radius 3 is 2.47 bits per heavy atom. The molecule has 2 saturated carbocycles. The van der Waals surface area contributed by atoms with Crippen molar-refractivity contribution in [3.05, 3.63) is 29.3 Å². The van der Waals surface area contributed by atoms with Crippen molar-refractivity contribution < 1.29 is 41.4 Å². The Morgan fingerprint density at radius 2 is 1.82 bits per heavy atom. The van der Waals surface area contributed by atoms with Gasteiger partial charge in [0.05, 0.1) is 0 Å². The molecule has 1 aromatic rings. The molecule has 0 spiro atoms. The van der Waals surface area contributed by atoms with E-state index in [0.717, 1.165) is 44.1 Å². The zero-order valence-electron chi connectivity index (χ0n) is 21.5. The van der Waals surface area contributed by atoms with Gasteiger partial charge in [-0.15, -0.1) is 0 Å². The molecule has 4 N–H and O–H groups in total. The lowest BCUT2D eigenvalue weighted by molar-refractivity contribution is -0.284. The minimum atomic E-state index is -5.59. The van der Waals surface area contributed by atoms with E-state index in [-0.39, 0.29) is 28.9 Å². The first-order valence-corrected chi connectivity index (χ1v) is 15.0. The van der Waals surface area contributed by atoms with Crippen LogP contribution in [0.2, 0.25) is 0 Å². The van der Waals surface area contributed by atoms with Crippen LogP contribution in [0, 0.1) is 23.2 Å². The summed E-state index contributed by atoms with van der Waals surface area (Å²) >= 11 is 0. The number of benzene rings is 1. The van der Waals surface area contributed by atoms with E-state index in [4.69, 9.17) is 0 Å². The molecular weight excluding hydrogens is 528 g/mol. The number of hydrogen-bond acceptors (Lipinski definition) is 5. The summed E-state index contributed by atoms with van der Waals surface area (Å²) in [6.07, 6.45) is -1.61. The fourth-order valence-electron chi connectivity index (χ4n) is 7.67. The third kappa shape index (κ3) is 5.85. The molecule has 0 aromatic heterocycles. The van der Waals surface area contributed by atoms with Gasteiger partial charge in [-0.2, -0.15) is 22.0 Å². The van der Waals surface area contributed by atoms with Crippen LogP contribution in [0.5, 0.6) is 0 Å². The van der Waals surface area contributed by atoms with Crippen molar-refractivity contribution in [1.82, 2.24) is 5.48 Å². The van der Waals surface area contributed by atoms with Crippen LogP contribution in [0.15, 0.2) is 18.2 Å². The molecule has 38 heavy (non-hydrogen) atoms. The lowest BCUT2D eigenvalue weighted by Crippen LogP contribution is -2.50. The minimum Gasteiger partial charge on any atom is -0.423 e. The number of hydrogen-bond donors (Lipinski definition) is 4. The van der Waals surface area contributed by atoms with Crippen molar-refractivity contribution >= 4 is 23.4 Å². The first-order valence-electron chi connectivity index (χ1n) is 13.5. The summed E-state index contributed by atoms with van der Waals surface area (Å²) in [5, 5.41) is 29.2. The van der Waals surface area contributed by atoms with Crippen LogP contribution < -0.4 is 10.9 Å². The van der Waals surface area contributed by atoms with E-state index < -0.39 is 42.9 Å². The van der Waals surface area contributed by atoms with Crippen LogP contribution in [0.1, 0.15) is 75.3 Å². The summed E-state index contributed by atoms with van der Waals surface area (Å²) in [7, 11) is -3.05. The van der Waals surface area contributed by atoms with Crippen LogP contribution in [0.25, 0.3) is 0 Å². The predicted molar refractivity (Wildman–Crippen MR) is 136 cm³/mol. The van der Waals surface area contributed by atoms with E-state index in [0.29, 0.717) is 29.6 Å². The molecule has 12 heteroatoms. The number of hydroxylamine groups is 1. The van der Waals surface area contributed by atoms with E-state index in [9.17, 15) is 41.4 Å². The maximum atomic E-state index is 13.1. The Kier molecular flexibility index (Phi) is 8.99. The summed E-state index contributed by atoms with van der Waals surface area (Å²) in [4.78, 5) is 0. The first kappa shape index (κ1) is 29.9. The predicted octanol–water partition coefficient (Wildman–Crippen LogP) is 4.30. The molecule has 7 atom stereocenters. The smallest absolute Gasteiger partial charge is 0.423 e. The van der Waals surface area contributed by atoms with Gasteiger partial charge in [-0.05, 0) is 97.0 Å².